The van der Waals surface area contributed by atoms with Crippen molar-refractivity contribution in [3.8, 4) is 0 Å². The fraction of sp³-hybridized carbons (Fsp3) is 0. The molecule has 0 radical (unpaired) electrons. The Morgan fingerprint density at radius 1 is 1.05 bits per heavy atom. The van der Waals surface area contributed by atoms with E-state index in [1.54, 1.807) is 12.1 Å². The predicted molar refractivity (Wildman–Crippen MR) is 80.3 cm³/mol. The van der Waals surface area contributed by atoms with Gasteiger partial charge in [-0.25, -0.2) is 0 Å². The molecule has 0 fully saturated rings. The summed E-state index contributed by atoms with van der Waals surface area (Å²) in [7, 11) is 0. The molecule has 0 bridgehead atoms. The van der Waals surface area contributed by atoms with E-state index in [0.29, 0.717) is 0 Å². The highest BCUT2D eigenvalue weighted by atomic mass is 16.6. The average molecular weight is 264 g/mol. The summed E-state index contributed by atoms with van der Waals surface area (Å²) in [5.74, 6) is 0. The van der Waals surface area contributed by atoms with Crippen LogP contribution in [-0.2, 0) is 0 Å². The molecule has 4 nitrogen and oxygen atoms in total. The van der Waals surface area contributed by atoms with Gasteiger partial charge in [-0.1, -0.05) is 30.3 Å². The summed E-state index contributed by atoms with van der Waals surface area (Å²) in [5.41, 5.74) is 2.01. The number of rotatable bonds is 3. The molecule has 98 valence electrons. The van der Waals surface area contributed by atoms with Gasteiger partial charge in [0, 0.05) is 29.9 Å². The van der Waals surface area contributed by atoms with Gasteiger partial charge in [-0.05, 0) is 23.8 Å². The number of nitro benzene ring substituents is 1. The molecular weight excluding hydrogens is 252 g/mol. The zero-order chi connectivity index (χ0) is 13.9. The third-order valence-corrected chi connectivity index (χ3v) is 3.14. The highest BCUT2D eigenvalue weighted by Crippen LogP contribution is 2.22. The van der Waals surface area contributed by atoms with Gasteiger partial charge >= 0.3 is 0 Å². The quantitative estimate of drug-likeness (QED) is 0.526. The van der Waals surface area contributed by atoms with Crippen LogP contribution in [0.4, 0.5) is 5.69 Å². The largest absolute Gasteiger partial charge is 0.323 e. The Morgan fingerprint density at radius 2 is 1.85 bits per heavy atom. The number of aromatic nitrogens is 1. The normalized spacial score (nSPS) is 11.2. The van der Waals surface area contributed by atoms with E-state index in [9.17, 15) is 10.1 Å². The van der Waals surface area contributed by atoms with E-state index in [0.717, 1.165) is 16.5 Å². The molecule has 1 aromatic heterocycles. The summed E-state index contributed by atoms with van der Waals surface area (Å²) in [6.07, 6.45) is 5.77. The predicted octanol–water partition coefficient (Wildman–Crippen LogP) is 4.18. The zero-order valence-corrected chi connectivity index (χ0v) is 10.6. The molecule has 0 saturated carbocycles. The fourth-order valence-corrected chi connectivity index (χ4v) is 2.11. The maximum atomic E-state index is 10.8. The third-order valence-electron chi connectivity index (χ3n) is 3.14. The van der Waals surface area contributed by atoms with Crippen LogP contribution >= 0.6 is 0 Å². The summed E-state index contributed by atoms with van der Waals surface area (Å²) < 4.78 is 1.88. The van der Waals surface area contributed by atoms with Crippen molar-refractivity contribution in [2.45, 2.75) is 0 Å². The van der Waals surface area contributed by atoms with Crippen LogP contribution in [0.2, 0.25) is 0 Å². The first-order valence-corrected chi connectivity index (χ1v) is 6.22. The Bertz CT molecular complexity index is 789. The van der Waals surface area contributed by atoms with Crippen molar-refractivity contribution in [3.05, 3.63) is 76.5 Å². The second-order valence-corrected chi connectivity index (χ2v) is 4.45. The van der Waals surface area contributed by atoms with Gasteiger partial charge in [-0.15, -0.1) is 0 Å². The first-order chi connectivity index (χ1) is 9.74. The van der Waals surface area contributed by atoms with Crippen molar-refractivity contribution < 1.29 is 4.92 Å². The van der Waals surface area contributed by atoms with Crippen molar-refractivity contribution in [1.82, 2.24) is 4.57 Å². The molecule has 0 unspecified atom stereocenters. The van der Waals surface area contributed by atoms with Crippen molar-refractivity contribution in [3.63, 3.8) is 0 Å². The van der Waals surface area contributed by atoms with E-state index in [-0.39, 0.29) is 10.6 Å². The molecule has 20 heavy (non-hydrogen) atoms. The summed E-state index contributed by atoms with van der Waals surface area (Å²) >= 11 is 0. The zero-order valence-electron chi connectivity index (χ0n) is 10.6. The molecule has 0 saturated heterocycles. The molecular formula is C16H12N2O2. The van der Waals surface area contributed by atoms with E-state index in [1.165, 1.54) is 6.07 Å². The molecule has 0 aliphatic heterocycles. The molecule has 0 spiro atoms. The Hall–Kier alpha value is -2.88. The van der Waals surface area contributed by atoms with Gasteiger partial charge in [-0.2, -0.15) is 0 Å². The lowest BCUT2D eigenvalue weighted by Crippen LogP contribution is -1.89. The van der Waals surface area contributed by atoms with Gasteiger partial charge in [0.1, 0.15) is 0 Å². The number of hydrogen-bond donors (Lipinski definition) is 0. The number of benzene rings is 2. The third kappa shape index (κ3) is 2.31. The minimum atomic E-state index is -0.377. The summed E-state index contributed by atoms with van der Waals surface area (Å²) in [6, 6.07) is 16.7. The minimum Gasteiger partial charge on any atom is -0.323 e. The first kappa shape index (κ1) is 12.2. The lowest BCUT2D eigenvalue weighted by molar-refractivity contribution is -0.384. The van der Waals surface area contributed by atoms with Crippen LogP contribution in [0.1, 0.15) is 5.56 Å². The second-order valence-electron chi connectivity index (χ2n) is 4.45. The van der Waals surface area contributed by atoms with E-state index >= 15 is 0 Å². The number of hydrogen-bond acceptors (Lipinski definition) is 2. The van der Waals surface area contributed by atoms with Gasteiger partial charge in [0.15, 0.2) is 0 Å². The molecule has 3 aromatic rings. The Labute approximate surface area is 115 Å². The average Bonchev–Trinajstić information content (AvgIpc) is 2.88. The van der Waals surface area contributed by atoms with Crippen LogP contribution in [0.5, 0.6) is 0 Å². The molecule has 4 heteroatoms. The van der Waals surface area contributed by atoms with E-state index < -0.39 is 0 Å². The van der Waals surface area contributed by atoms with Crippen LogP contribution in [-0.4, -0.2) is 9.49 Å². The maximum absolute atomic E-state index is 10.8. The molecule has 0 N–H and O–H groups in total. The number of nitro groups is 1. The first-order valence-electron chi connectivity index (χ1n) is 6.22. The molecule has 2 aromatic carbocycles. The maximum Gasteiger partial charge on any atom is 0.271 e. The van der Waals surface area contributed by atoms with Gasteiger partial charge in [0.25, 0.3) is 5.69 Å². The SMILES string of the molecule is O=[N+]([O-])c1ccc2ccn(C=Cc3ccccc3)c2c1. The van der Waals surface area contributed by atoms with E-state index in [2.05, 4.69) is 0 Å². The molecule has 0 aliphatic rings. The van der Waals surface area contributed by atoms with Crippen LogP contribution in [0.3, 0.4) is 0 Å². The minimum absolute atomic E-state index is 0.102. The Morgan fingerprint density at radius 3 is 2.60 bits per heavy atom. The Balaban J connectivity index is 2.01. The van der Waals surface area contributed by atoms with E-state index in [4.69, 9.17) is 0 Å². The molecule has 3 rings (SSSR count). The van der Waals surface area contributed by atoms with E-state index in [1.807, 2.05) is 59.4 Å². The fourth-order valence-electron chi connectivity index (χ4n) is 2.11. The van der Waals surface area contributed by atoms with Gasteiger partial charge < -0.3 is 4.57 Å². The summed E-state index contributed by atoms with van der Waals surface area (Å²) in [6.45, 7) is 0. The Kier molecular flexibility index (Phi) is 3.05. The van der Waals surface area contributed by atoms with Crippen molar-refractivity contribution >= 4 is 28.9 Å². The highest BCUT2D eigenvalue weighted by Gasteiger charge is 2.07. The van der Waals surface area contributed by atoms with Crippen molar-refractivity contribution in [2.75, 3.05) is 0 Å². The van der Waals surface area contributed by atoms with Gasteiger partial charge in [0.2, 0.25) is 0 Å². The topological polar surface area (TPSA) is 48.1 Å². The number of non-ortho nitro benzene ring substituents is 1. The second kappa shape index (κ2) is 5.01. The number of nitrogens with zero attached hydrogens (tertiary/aromatic N) is 2. The summed E-state index contributed by atoms with van der Waals surface area (Å²) in [5, 5.41) is 11.8. The van der Waals surface area contributed by atoms with Crippen LogP contribution in [0.15, 0.2) is 60.8 Å². The van der Waals surface area contributed by atoms with Crippen LogP contribution < -0.4 is 0 Å². The van der Waals surface area contributed by atoms with Crippen LogP contribution in [0.25, 0.3) is 23.2 Å². The van der Waals surface area contributed by atoms with Crippen molar-refractivity contribution in [2.24, 2.45) is 0 Å². The molecule has 0 amide bonds. The molecule has 1 heterocycles. The molecule has 0 aliphatic carbocycles. The summed E-state index contributed by atoms with van der Waals surface area (Å²) in [4.78, 5) is 10.5. The lowest BCUT2D eigenvalue weighted by atomic mass is 10.2. The highest BCUT2D eigenvalue weighted by molar-refractivity contribution is 5.85. The molecule has 0 atom stereocenters. The van der Waals surface area contributed by atoms with Crippen molar-refractivity contribution in [1.29, 1.82) is 0 Å². The monoisotopic (exact) mass is 264 g/mol. The standard InChI is InChI=1S/C16H12N2O2/c19-18(20)15-7-6-14-9-11-17(16(14)12-15)10-8-13-4-2-1-3-5-13/h1-12H. The lowest BCUT2D eigenvalue weighted by Gasteiger charge is -1.99. The van der Waals surface area contributed by atoms with Gasteiger partial charge in [-0.3, -0.25) is 10.1 Å². The number of fused-ring (bicyclic) bond motifs is 1. The van der Waals surface area contributed by atoms with Gasteiger partial charge in [0.05, 0.1) is 10.4 Å². The van der Waals surface area contributed by atoms with Crippen LogP contribution in [0, 0.1) is 10.1 Å². The smallest absolute Gasteiger partial charge is 0.271 e.